The Hall–Kier alpha value is -1.77. The molecule has 5 nitrogen and oxygen atoms in total. The van der Waals surface area contributed by atoms with Gasteiger partial charge in [-0.2, -0.15) is 0 Å². The van der Waals surface area contributed by atoms with Crippen molar-refractivity contribution in [2.75, 3.05) is 26.2 Å². The predicted molar refractivity (Wildman–Crippen MR) is 93.9 cm³/mol. The molecule has 1 fully saturated rings. The number of rotatable bonds is 6. The van der Waals surface area contributed by atoms with Gasteiger partial charge in [-0.25, -0.2) is 9.28 Å². The van der Waals surface area contributed by atoms with Gasteiger partial charge >= 0.3 is 11.6 Å². The molecule has 0 aromatic heterocycles. The number of nitrogens with zero attached hydrogens (tertiary/aromatic N) is 3. The van der Waals surface area contributed by atoms with Gasteiger partial charge in [0.15, 0.2) is 4.98 Å². The van der Waals surface area contributed by atoms with Gasteiger partial charge in [-0.05, 0) is 12.8 Å². The molecule has 0 spiro atoms. The molecule has 0 aliphatic carbocycles. The van der Waals surface area contributed by atoms with E-state index in [-0.39, 0.29) is 5.92 Å². The zero-order valence-electron chi connectivity index (χ0n) is 14.3. The van der Waals surface area contributed by atoms with Gasteiger partial charge in [0.2, 0.25) is 5.39 Å². The minimum Gasteiger partial charge on any atom is -0.306 e. The van der Waals surface area contributed by atoms with Crippen LogP contribution in [0, 0.1) is 11.3 Å². The fraction of sp³-hybridized carbons (Fsp3) is 0.611. The first-order valence-electron chi connectivity index (χ1n) is 8.76. The third kappa shape index (κ3) is 3.77. The van der Waals surface area contributed by atoms with E-state index in [2.05, 4.69) is 24.1 Å². The zero-order chi connectivity index (χ0) is 16.7. The number of carbonyl (C=O) groups excluding carboxylic acids is 1. The first-order chi connectivity index (χ1) is 11.2. The van der Waals surface area contributed by atoms with Gasteiger partial charge in [0.05, 0.1) is 5.92 Å². The van der Waals surface area contributed by atoms with Crippen molar-refractivity contribution in [3.63, 3.8) is 0 Å². The normalized spacial score (nSPS) is 18.1. The molecule has 23 heavy (non-hydrogen) atoms. The Morgan fingerprint density at radius 1 is 1.26 bits per heavy atom. The van der Waals surface area contributed by atoms with Crippen LogP contribution < -0.4 is 9.80 Å². The minimum absolute atomic E-state index is 0.121. The van der Waals surface area contributed by atoms with Gasteiger partial charge in [0.25, 0.3) is 0 Å². The van der Waals surface area contributed by atoms with Gasteiger partial charge in [0, 0.05) is 37.4 Å². The lowest BCUT2D eigenvalue weighted by Gasteiger charge is -2.40. The lowest BCUT2D eigenvalue weighted by Crippen LogP contribution is -2.64. The SMILES string of the molecule is CCCCC(CC)C(=O)[N+]1(c2ccc([N+]#N)cc2)CCNCC1. The van der Waals surface area contributed by atoms with Gasteiger partial charge < -0.3 is 5.32 Å². The van der Waals surface area contributed by atoms with Crippen LogP contribution in [0.15, 0.2) is 24.3 Å². The average Bonchev–Trinajstić information content (AvgIpc) is 2.62. The maximum absolute atomic E-state index is 13.4. The van der Waals surface area contributed by atoms with E-state index in [0.717, 1.165) is 57.5 Å². The molecule has 0 saturated carbocycles. The molecule has 1 aliphatic heterocycles. The quantitative estimate of drug-likeness (QED) is 0.641. The van der Waals surface area contributed by atoms with Crippen molar-refractivity contribution in [3.8, 4) is 0 Å². The van der Waals surface area contributed by atoms with E-state index >= 15 is 0 Å². The molecule has 1 aromatic rings. The molecule has 1 aromatic carbocycles. The number of nitrogens with one attached hydrogen (secondary N) is 1. The topological polar surface area (TPSA) is 57.2 Å². The summed E-state index contributed by atoms with van der Waals surface area (Å²) in [6, 6.07) is 7.42. The summed E-state index contributed by atoms with van der Waals surface area (Å²) in [4.78, 5) is 16.6. The Kier molecular flexibility index (Phi) is 6.26. The van der Waals surface area contributed by atoms with E-state index in [4.69, 9.17) is 5.39 Å². The smallest absolute Gasteiger partial charge is 0.306 e. The van der Waals surface area contributed by atoms with Crippen LogP contribution >= 0.6 is 0 Å². The standard InChI is InChI=1S/C18H28N4O/c1-3-5-6-15(4-2)18(23)22(13-11-20-12-14-22)17-9-7-16(21-19)8-10-17/h7-10,15,20H,3-6,11-14H2,1-2H3/q+2. The largest absolute Gasteiger partial charge is 0.385 e. The third-order valence-electron chi connectivity index (χ3n) is 4.97. The van der Waals surface area contributed by atoms with Crippen LogP contribution in [-0.4, -0.2) is 32.1 Å². The van der Waals surface area contributed by atoms with Gasteiger partial charge in [-0.1, -0.05) is 26.7 Å². The van der Waals surface area contributed by atoms with Crippen LogP contribution in [0.4, 0.5) is 11.4 Å². The number of unbranched alkanes of at least 4 members (excludes halogenated alkanes) is 1. The number of amides is 1. The van der Waals surface area contributed by atoms with E-state index in [1.165, 1.54) is 0 Å². The van der Waals surface area contributed by atoms with Gasteiger partial charge in [0.1, 0.15) is 18.8 Å². The van der Waals surface area contributed by atoms with Gasteiger partial charge in [-0.15, -0.1) is 0 Å². The maximum Gasteiger partial charge on any atom is 0.385 e. The first-order valence-corrected chi connectivity index (χ1v) is 8.76. The molecule has 0 bridgehead atoms. The minimum atomic E-state index is 0.121. The van der Waals surface area contributed by atoms with E-state index in [0.29, 0.717) is 16.1 Å². The number of hydrogen-bond acceptors (Lipinski definition) is 3. The van der Waals surface area contributed by atoms with Crippen molar-refractivity contribution in [1.29, 1.82) is 5.39 Å². The second-order valence-electron chi connectivity index (χ2n) is 6.37. The summed E-state index contributed by atoms with van der Waals surface area (Å²) in [7, 11) is 0. The predicted octanol–water partition coefficient (Wildman–Crippen LogP) is 3.82. The maximum atomic E-state index is 13.4. The Labute approximate surface area is 138 Å². The molecule has 1 unspecified atom stereocenters. The van der Waals surface area contributed by atoms with E-state index in [9.17, 15) is 4.79 Å². The van der Waals surface area contributed by atoms with Gasteiger partial charge in [-0.3, -0.25) is 0 Å². The molecule has 1 atom stereocenters. The van der Waals surface area contributed by atoms with E-state index in [1.807, 2.05) is 12.1 Å². The highest BCUT2D eigenvalue weighted by Crippen LogP contribution is 2.31. The molecule has 2 rings (SSSR count). The van der Waals surface area contributed by atoms with Crippen molar-refractivity contribution >= 4 is 17.3 Å². The third-order valence-corrected chi connectivity index (χ3v) is 4.97. The number of benzene rings is 1. The molecule has 1 amide bonds. The summed E-state index contributed by atoms with van der Waals surface area (Å²) in [5.41, 5.74) is 1.53. The van der Waals surface area contributed by atoms with Crippen molar-refractivity contribution in [1.82, 2.24) is 9.80 Å². The molecule has 1 saturated heterocycles. The van der Waals surface area contributed by atoms with Crippen LogP contribution in [0.5, 0.6) is 0 Å². The summed E-state index contributed by atoms with van der Waals surface area (Å²) in [6.45, 7) is 7.56. The highest BCUT2D eigenvalue weighted by Gasteiger charge is 2.43. The molecule has 1 aliphatic rings. The summed E-state index contributed by atoms with van der Waals surface area (Å²) >= 11 is 0. The van der Waals surface area contributed by atoms with Crippen LogP contribution in [0.25, 0.3) is 4.98 Å². The highest BCUT2D eigenvalue weighted by molar-refractivity contribution is 5.90. The van der Waals surface area contributed by atoms with Crippen LogP contribution in [0.1, 0.15) is 39.5 Å². The molecular weight excluding hydrogens is 288 g/mol. The van der Waals surface area contributed by atoms with Crippen molar-refractivity contribution in [3.05, 3.63) is 29.2 Å². The second-order valence-corrected chi connectivity index (χ2v) is 6.37. The number of hydrogen-bond donors (Lipinski definition) is 1. The Bertz CT molecular complexity index is 555. The molecule has 124 valence electrons. The van der Waals surface area contributed by atoms with Crippen LogP contribution in [0.3, 0.4) is 0 Å². The first kappa shape index (κ1) is 17.6. The van der Waals surface area contributed by atoms with Crippen molar-refractivity contribution < 1.29 is 4.79 Å². The monoisotopic (exact) mass is 316 g/mol. The summed E-state index contributed by atoms with van der Waals surface area (Å²) in [6.07, 6.45) is 4.10. The Balaban J connectivity index is 2.34. The summed E-state index contributed by atoms with van der Waals surface area (Å²) < 4.78 is 0.418. The molecule has 1 N–H and O–H groups in total. The number of quaternary nitrogens is 1. The summed E-state index contributed by atoms with van der Waals surface area (Å²) in [5, 5.41) is 12.2. The number of carbonyl (C=O) groups is 1. The lowest BCUT2D eigenvalue weighted by molar-refractivity contribution is -0.135. The summed E-state index contributed by atoms with van der Waals surface area (Å²) in [5.74, 6) is 0.464. The highest BCUT2D eigenvalue weighted by atomic mass is 16.2. The second kappa shape index (κ2) is 8.19. The lowest BCUT2D eigenvalue weighted by atomic mass is 9.95. The number of diazo groups is 1. The molecule has 0 radical (unpaired) electrons. The fourth-order valence-electron chi connectivity index (χ4n) is 3.49. The molecule has 1 heterocycles. The Morgan fingerprint density at radius 2 is 1.91 bits per heavy atom. The molecular formula is C18H28N4O+2. The van der Waals surface area contributed by atoms with E-state index in [1.54, 1.807) is 12.1 Å². The van der Waals surface area contributed by atoms with Crippen molar-refractivity contribution in [2.45, 2.75) is 39.5 Å². The Morgan fingerprint density at radius 3 is 2.43 bits per heavy atom. The number of piperazine rings is 1. The average molecular weight is 316 g/mol. The van der Waals surface area contributed by atoms with Crippen LogP contribution in [0.2, 0.25) is 0 Å². The van der Waals surface area contributed by atoms with Crippen molar-refractivity contribution in [2.24, 2.45) is 5.92 Å². The van der Waals surface area contributed by atoms with E-state index < -0.39 is 0 Å². The molecule has 5 heteroatoms. The van der Waals surface area contributed by atoms with Crippen LogP contribution in [-0.2, 0) is 4.79 Å². The fourth-order valence-corrected chi connectivity index (χ4v) is 3.49. The zero-order valence-corrected chi connectivity index (χ0v) is 14.3.